The van der Waals surface area contributed by atoms with Crippen molar-refractivity contribution < 1.29 is 28.8 Å². The standard InChI is InChI=1S/C35H62N6O6/c1-13-16-17-18-19-25(10)34(46)40(11)29(22(6)7)33(45)38-27(21(4)5)31(43)39-28(23(8)14-2)35(47)41(12)30(24(9)15-3)32(44)37-20-26(36)42/h1,21-25,27-30H,14-20H2,2-12H3,(H2,36,42)(H,37,44)(H,38,45)(H,39,43)/t23-,24-,25+,27-,28-,29-,30-/m0/s1. The normalized spacial score (nSPS) is 15.7. The molecular weight excluding hydrogens is 600 g/mol. The van der Waals surface area contributed by atoms with Crippen molar-refractivity contribution in [2.45, 2.75) is 125 Å². The first-order chi connectivity index (χ1) is 21.9. The van der Waals surface area contributed by atoms with Crippen LogP contribution in [0.3, 0.4) is 0 Å². The van der Waals surface area contributed by atoms with Gasteiger partial charge < -0.3 is 31.5 Å². The maximum absolute atomic E-state index is 13.9. The zero-order valence-corrected chi connectivity index (χ0v) is 30.6. The highest BCUT2D eigenvalue weighted by Gasteiger charge is 2.39. The number of rotatable bonds is 21. The van der Waals surface area contributed by atoms with Crippen LogP contribution in [0.2, 0.25) is 0 Å². The lowest BCUT2D eigenvalue weighted by Crippen LogP contribution is -2.62. The van der Waals surface area contributed by atoms with E-state index in [0.29, 0.717) is 25.7 Å². The summed E-state index contributed by atoms with van der Waals surface area (Å²) in [6.07, 6.45) is 9.39. The molecule has 0 saturated heterocycles. The quantitative estimate of drug-likeness (QED) is 0.109. The summed E-state index contributed by atoms with van der Waals surface area (Å²) in [6, 6.07) is -3.72. The van der Waals surface area contributed by atoms with E-state index in [2.05, 4.69) is 21.9 Å². The average molecular weight is 663 g/mol. The van der Waals surface area contributed by atoms with Crippen LogP contribution in [0.25, 0.3) is 0 Å². The SMILES string of the molecule is C#CCCCC[C@@H](C)C(=O)N(C)[C@H](C(=O)N[C@H](C(=O)N[C@H](C(=O)N(C)[C@H](C(=O)NCC(N)=O)[C@@H](C)CC)[C@@H](C)CC)C(C)C)C(C)C. The third kappa shape index (κ3) is 13.6. The van der Waals surface area contributed by atoms with E-state index >= 15 is 0 Å². The van der Waals surface area contributed by atoms with E-state index in [0.717, 1.165) is 12.8 Å². The first-order valence-electron chi connectivity index (χ1n) is 17.0. The number of nitrogens with zero attached hydrogens (tertiary/aromatic N) is 2. The summed E-state index contributed by atoms with van der Waals surface area (Å²) in [7, 11) is 3.11. The molecule has 0 heterocycles. The Kier molecular flexibility index (Phi) is 19.7. The predicted octanol–water partition coefficient (Wildman–Crippen LogP) is 2.45. The monoisotopic (exact) mass is 662 g/mol. The van der Waals surface area contributed by atoms with Gasteiger partial charge in [0.25, 0.3) is 0 Å². The fourth-order valence-corrected chi connectivity index (χ4v) is 5.59. The van der Waals surface area contributed by atoms with Gasteiger partial charge in [-0.05, 0) is 36.5 Å². The van der Waals surface area contributed by atoms with Crippen LogP contribution in [0.1, 0.15) is 101 Å². The number of amides is 6. The molecule has 7 atom stereocenters. The Labute approximate surface area is 283 Å². The predicted molar refractivity (Wildman–Crippen MR) is 184 cm³/mol. The van der Waals surface area contributed by atoms with Crippen molar-refractivity contribution in [1.29, 1.82) is 0 Å². The van der Waals surface area contributed by atoms with Crippen LogP contribution >= 0.6 is 0 Å². The maximum atomic E-state index is 13.9. The Morgan fingerprint density at radius 2 is 1.23 bits per heavy atom. The van der Waals surface area contributed by atoms with Crippen molar-refractivity contribution in [3.05, 3.63) is 0 Å². The molecule has 0 aromatic rings. The molecular formula is C35H62N6O6. The summed E-state index contributed by atoms with van der Waals surface area (Å²) in [5.41, 5.74) is 5.20. The Balaban J connectivity index is 6.11. The molecule has 0 spiro atoms. The molecule has 0 aromatic heterocycles. The maximum Gasteiger partial charge on any atom is 0.245 e. The molecule has 47 heavy (non-hydrogen) atoms. The van der Waals surface area contributed by atoms with Crippen molar-refractivity contribution in [3.63, 3.8) is 0 Å². The minimum absolute atomic E-state index is 0.161. The number of terminal acetylenes is 1. The zero-order chi connectivity index (χ0) is 36.6. The highest BCUT2D eigenvalue weighted by molar-refractivity contribution is 5.96. The summed E-state index contributed by atoms with van der Waals surface area (Å²) >= 11 is 0. The average Bonchev–Trinajstić information content (AvgIpc) is 3.01. The van der Waals surface area contributed by atoms with E-state index in [1.807, 2.05) is 48.5 Å². The third-order valence-corrected chi connectivity index (χ3v) is 8.97. The Morgan fingerprint density at radius 1 is 0.702 bits per heavy atom. The van der Waals surface area contributed by atoms with E-state index in [-0.39, 0.29) is 42.0 Å². The lowest BCUT2D eigenvalue weighted by atomic mass is 9.92. The van der Waals surface area contributed by atoms with Crippen LogP contribution in [0.4, 0.5) is 0 Å². The number of carbonyl (C=O) groups excluding carboxylic acids is 6. The van der Waals surface area contributed by atoms with E-state index < -0.39 is 53.7 Å². The molecule has 0 aromatic carbocycles. The third-order valence-electron chi connectivity index (χ3n) is 8.97. The molecule has 5 N–H and O–H groups in total. The van der Waals surface area contributed by atoms with Crippen molar-refractivity contribution in [2.24, 2.45) is 35.3 Å². The molecule has 12 nitrogen and oxygen atoms in total. The van der Waals surface area contributed by atoms with Gasteiger partial charge in [-0.3, -0.25) is 28.8 Å². The van der Waals surface area contributed by atoms with Gasteiger partial charge in [0, 0.05) is 26.4 Å². The van der Waals surface area contributed by atoms with Gasteiger partial charge in [0.15, 0.2) is 0 Å². The van der Waals surface area contributed by atoms with Crippen molar-refractivity contribution in [2.75, 3.05) is 20.6 Å². The smallest absolute Gasteiger partial charge is 0.245 e. The van der Waals surface area contributed by atoms with Gasteiger partial charge in [-0.1, -0.05) is 81.6 Å². The fourth-order valence-electron chi connectivity index (χ4n) is 5.59. The fraction of sp³-hybridized carbons (Fsp3) is 0.771. The summed E-state index contributed by atoms with van der Waals surface area (Å²) in [5.74, 6) is -1.71. The highest BCUT2D eigenvalue weighted by atomic mass is 16.2. The van der Waals surface area contributed by atoms with Gasteiger partial charge in [0.1, 0.15) is 24.2 Å². The van der Waals surface area contributed by atoms with Gasteiger partial charge >= 0.3 is 0 Å². The molecule has 268 valence electrons. The van der Waals surface area contributed by atoms with Crippen LogP contribution in [-0.2, 0) is 28.8 Å². The largest absolute Gasteiger partial charge is 0.368 e. The minimum atomic E-state index is -0.998. The molecule has 0 rings (SSSR count). The lowest BCUT2D eigenvalue weighted by molar-refractivity contribution is -0.146. The van der Waals surface area contributed by atoms with Crippen LogP contribution in [0, 0.1) is 41.9 Å². The summed E-state index contributed by atoms with van der Waals surface area (Å²) < 4.78 is 0. The molecule has 0 radical (unpaired) electrons. The number of hydrogen-bond acceptors (Lipinski definition) is 6. The van der Waals surface area contributed by atoms with Crippen molar-refractivity contribution in [3.8, 4) is 12.3 Å². The molecule has 0 aliphatic rings. The number of nitrogens with two attached hydrogens (primary N) is 1. The summed E-state index contributed by atoms with van der Waals surface area (Å²) in [4.78, 5) is 81.8. The van der Waals surface area contributed by atoms with Crippen molar-refractivity contribution >= 4 is 35.4 Å². The molecule has 0 unspecified atom stereocenters. The topological polar surface area (TPSA) is 171 Å². The van der Waals surface area contributed by atoms with E-state index in [9.17, 15) is 28.8 Å². The Morgan fingerprint density at radius 3 is 1.70 bits per heavy atom. The Hall–Kier alpha value is -3.62. The minimum Gasteiger partial charge on any atom is -0.368 e. The molecule has 0 fully saturated rings. The second-order valence-corrected chi connectivity index (χ2v) is 13.6. The molecule has 6 amide bonds. The van der Waals surface area contributed by atoms with Gasteiger partial charge in [0.2, 0.25) is 35.4 Å². The van der Waals surface area contributed by atoms with Gasteiger partial charge in [-0.25, -0.2) is 0 Å². The van der Waals surface area contributed by atoms with E-state index in [4.69, 9.17) is 12.2 Å². The van der Waals surface area contributed by atoms with Gasteiger partial charge in [0.05, 0.1) is 6.54 Å². The molecule has 0 bridgehead atoms. The highest BCUT2D eigenvalue weighted by Crippen LogP contribution is 2.20. The second-order valence-electron chi connectivity index (χ2n) is 13.6. The Bertz CT molecular complexity index is 1100. The summed E-state index contributed by atoms with van der Waals surface area (Å²) in [6.45, 7) is 16.2. The van der Waals surface area contributed by atoms with Crippen molar-refractivity contribution in [1.82, 2.24) is 25.8 Å². The van der Waals surface area contributed by atoms with Crippen LogP contribution in [0.5, 0.6) is 0 Å². The number of hydrogen-bond donors (Lipinski definition) is 4. The van der Waals surface area contributed by atoms with E-state index in [1.54, 1.807) is 20.9 Å². The number of primary amides is 1. The van der Waals surface area contributed by atoms with E-state index in [1.165, 1.54) is 16.8 Å². The number of carbonyl (C=O) groups is 6. The van der Waals surface area contributed by atoms with Gasteiger partial charge in [-0.15, -0.1) is 12.3 Å². The van der Waals surface area contributed by atoms with Crippen LogP contribution in [-0.4, -0.2) is 90.1 Å². The number of unbranched alkanes of at least 4 members (excludes halogenated alkanes) is 2. The molecule has 0 aliphatic heterocycles. The number of nitrogens with one attached hydrogen (secondary N) is 3. The lowest BCUT2D eigenvalue weighted by Gasteiger charge is -2.36. The van der Waals surface area contributed by atoms with Gasteiger partial charge in [-0.2, -0.15) is 0 Å². The second kappa shape index (κ2) is 21.3. The first-order valence-corrected chi connectivity index (χ1v) is 17.0. The molecule has 0 saturated carbocycles. The van der Waals surface area contributed by atoms with Crippen LogP contribution < -0.4 is 21.7 Å². The van der Waals surface area contributed by atoms with Crippen LogP contribution in [0.15, 0.2) is 0 Å². The number of likely N-dealkylation sites (N-methyl/N-ethyl adjacent to an activating group) is 2. The molecule has 12 heteroatoms. The summed E-state index contributed by atoms with van der Waals surface area (Å²) in [5, 5.41) is 8.21. The molecule has 0 aliphatic carbocycles. The first kappa shape index (κ1) is 43.4. The zero-order valence-electron chi connectivity index (χ0n) is 30.6.